The molecule has 10 heteroatoms. The molecule has 114 valence electrons. The van der Waals surface area contributed by atoms with Crippen molar-refractivity contribution in [2.45, 2.75) is 31.3 Å². The van der Waals surface area contributed by atoms with E-state index >= 15 is 0 Å². The van der Waals surface area contributed by atoms with Gasteiger partial charge in [-0.15, -0.1) is 0 Å². The quantitative estimate of drug-likeness (QED) is 0.453. The number of carbonyl (C=O) groups excluding carboxylic acids is 2. The number of carboxylic acids is 1. The van der Waals surface area contributed by atoms with Crippen LogP contribution in [-0.2, 0) is 19.4 Å². The molecule has 1 aliphatic rings. The first kappa shape index (κ1) is 16.2. The topological polar surface area (TPSA) is 156 Å². The third-order valence-corrected chi connectivity index (χ3v) is 4.62. The van der Waals surface area contributed by atoms with E-state index in [1.54, 1.807) is 0 Å². The van der Waals surface area contributed by atoms with Crippen LogP contribution in [0.2, 0.25) is 0 Å². The Morgan fingerprint density at radius 1 is 1.35 bits per heavy atom. The number of carboxylic acid groups (broad SMARTS) is 1. The van der Waals surface area contributed by atoms with Gasteiger partial charge in [-0.05, 0) is 12.8 Å². The third kappa shape index (κ3) is 5.43. The number of aliphatic carboxylic acids is 1. The molecule has 1 rings (SSSR count). The molecular weight excluding hydrogens is 290 g/mol. The fourth-order valence-electron chi connectivity index (χ4n) is 1.84. The lowest BCUT2D eigenvalue weighted by molar-refractivity contribution is -0.139. The first-order valence-electron chi connectivity index (χ1n) is 5.98. The Kier molecular flexibility index (Phi) is 5.31. The summed E-state index contributed by atoms with van der Waals surface area (Å²) < 4.78 is 22.4. The highest BCUT2D eigenvalue weighted by molar-refractivity contribution is 7.91. The maximum Gasteiger partial charge on any atom is 0.326 e. The van der Waals surface area contributed by atoms with Crippen LogP contribution >= 0.6 is 0 Å². The third-order valence-electron chi connectivity index (χ3n) is 2.85. The predicted octanol–water partition coefficient (Wildman–Crippen LogP) is -1.81. The summed E-state index contributed by atoms with van der Waals surface area (Å²) in [4.78, 5) is 33.1. The lowest BCUT2D eigenvalue weighted by atomic mass is 10.1. The van der Waals surface area contributed by atoms with Gasteiger partial charge in [0.2, 0.25) is 5.91 Å². The lowest BCUT2D eigenvalue weighted by Crippen LogP contribution is -2.49. The van der Waals surface area contributed by atoms with Crippen LogP contribution < -0.4 is 16.4 Å². The van der Waals surface area contributed by atoms with Gasteiger partial charge < -0.3 is 21.5 Å². The SMILES string of the molecule is NC(=O)CC[C@@H](NC(=O)NC1CCS(=O)(=O)C1)C(=O)O. The van der Waals surface area contributed by atoms with Gasteiger partial charge >= 0.3 is 12.0 Å². The molecule has 0 bridgehead atoms. The van der Waals surface area contributed by atoms with Gasteiger partial charge in [-0.1, -0.05) is 0 Å². The van der Waals surface area contributed by atoms with Crippen LogP contribution in [0.25, 0.3) is 0 Å². The molecule has 5 N–H and O–H groups in total. The standard InChI is InChI=1S/C10H17N3O6S/c11-8(14)2-1-7(9(15)16)13-10(17)12-6-3-4-20(18,19)5-6/h6-7H,1-5H2,(H2,11,14)(H,15,16)(H2,12,13,17)/t6?,7-/m1/s1. The van der Waals surface area contributed by atoms with Crippen molar-refractivity contribution < 1.29 is 27.9 Å². The summed E-state index contributed by atoms with van der Waals surface area (Å²) in [7, 11) is -3.13. The number of carbonyl (C=O) groups is 3. The Hall–Kier alpha value is -1.84. The van der Waals surface area contributed by atoms with Gasteiger partial charge in [-0.25, -0.2) is 18.0 Å². The van der Waals surface area contributed by atoms with Gasteiger partial charge in [0.25, 0.3) is 0 Å². The van der Waals surface area contributed by atoms with E-state index in [0.717, 1.165) is 0 Å². The second kappa shape index (κ2) is 6.55. The van der Waals surface area contributed by atoms with Crippen LogP contribution in [0.5, 0.6) is 0 Å². The average molecular weight is 307 g/mol. The van der Waals surface area contributed by atoms with Crippen LogP contribution in [0.15, 0.2) is 0 Å². The van der Waals surface area contributed by atoms with E-state index in [2.05, 4.69) is 10.6 Å². The molecule has 1 heterocycles. The molecule has 1 fully saturated rings. The molecule has 1 saturated heterocycles. The molecule has 1 aliphatic heterocycles. The second-order valence-electron chi connectivity index (χ2n) is 4.61. The molecule has 0 aliphatic carbocycles. The van der Waals surface area contributed by atoms with Crippen molar-refractivity contribution in [3.05, 3.63) is 0 Å². The number of amides is 3. The van der Waals surface area contributed by atoms with Crippen molar-refractivity contribution in [2.24, 2.45) is 5.73 Å². The summed E-state index contributed by atoms with van der Waals surface area (Å²) in [5.74, 6) is -2.11. The van der Waals surface area contributed by atoms with Crippen LogP contribution in [0.3, 0.4) is 0 Å². The van der Waals surface area contributed by atoms with Gasteiger partial charge in [0.15, 0.2) is 9.84 Å². The van der Waals surface area contributed by atoms with Gasteiger partial charge in [-0.2, -0.15) is 0 Å². The Labute approximate surface area is 115 Å². The second-order valence-corrected chi connectivity index (χ2v) is 6.84. The van der Waals surface area contributed by atoms with Crippen molar-refractivity contribution in [1.82, 2.24) is 10.6 Å². The minimum Gasteiger partial charge on any atom is -0.480 e. The van der Waals surface area contributed by atoms with Crippen molar-refractivity contribution in [3.63, 3.8) is 0 Å². The summed E-state index contributed by atoms with van der Waals surface area (Å²) in [6.45, 7) is 0. The van der Waals surface area contributed by atoms with E-state index in [9.17, 15) is 22.8 Å². The first-order chi connectivity index (χ1) is 9.19. The minimum absolute atomic E-state index is 0.00197. The van der Waals surface area contributed by atoms with Crippen LogP contribution in [0.1, 0.15) is 19.3 Å². The molecular formula is C10H17N3O6S. The van der Waals surface area contributed by atoms with Crippen LogP contribution in [0, 0.1) is 0 Å². The maximum atomic E-state index is 11.6. The van der Waals surface area contributed by atoms with E-state index in [4.69, 9.17) is 10.8 Å². The van der Waals surface area contributed by atoms with Crippen molar-refractivity contribution >= 4 is 27.7 Å². The molecule has 3 amide bonds. The molecule has 20 heavy (non-hydrogen) atoms. The average Bonchev–Trinajstić information content (AvgIpc) is 2.63. The van der Waals surface area contributed by atoms with E-state index in [1.165, 1.54) is 0 Å². The molecule has 0 aromatic rings. The molecule has 9 nitrogen and oxygen atoms in total. The highest BCUT2D eigenvalue weighted by Crippen LogP contribution is 2.11. The molecule has 1 unspecified atom stereocenters. The van der Waals surface area contributed by atoms with E-state index in [1.807, 2.05) is 0 Å². The van der Waals surface area contributed by atoms with E-state index < -0.39 is 39.8 Å². The number of urea groups is 1. The normalized spacial score (nSPS) is 21.9. The predicted molar refractivity (Wildman–Crippen MR) is 68.6 cm³/mol. The lowest BCUT2D eigenvalue weighted by Gasteiger charge is -2.16. The van der Waals surface area contributed by atoms with Crippen molar-refractivity contribution in [1.29, 1.82) is 0 Å². The summed E-state index contributed by atoms with van der Waals surface area (Å²) in [6, 6.07) is -2.55. The zero-order valence-electron chi connectivity index (χ0n) is 10.7. The highest BCUT2D eigenvalue weighted by Gasteiger charge is 2.30. The number of sulfone groups is 1. The Bertz CT molecular complexity index is 503. The smallest absolute Gasteiger partial charge is 0.326 e. The molecule has 0 saturated carbocycles. The van der Waals surface area contributed by atoms with Gasteiger partial charge in [-0.3, -0.25) is 4.79 Å². The number of rotatable bonds is 6. The molecule has 0 aromatic carbocycles. The Balaban J connectivity index is 2.46. The maximum absolute atomic E-state index is 11.6. The number of nitrogens with one attached hydrogen (secondary N) is 2. The largest absolute Gasteiger partial charge is 0.480 e. The summed E-state index contributed by atoms with van der Waals surface area (Å²) in [5, 5.41) is 13.5. The minimum atomic E-state index is -3.13. The molecule has 0 spiro atoms. The summed E-state index contributed by atoms with van der Waals surface area (Å²) in [5.41, 5.74) is 4.91. The van der Waals surface area contributed by atoms with Gasteiger partial charge in [0, 0.05) is 12.5 Å². The molecule has 2 atom stereocenters. The fourth-order valence-corrected chi connectivity index (χ4v) is 3.51. The zero-order chi connectivity index (χ0) is 15.3. The van der Waals surface area contributed by atoms with Crippen molar-refractivity contribution in [3.8, 4) is 0 Å². The van der Waals surface area contributed by atoms with Gasteiger partial charge in [0.1, 0.15) is 6.04 Å². The number of hydrogen-bond acceptors (Lipinski definition) is 5. The summed E-state index contributed by atoms with van der Waals surface area (Å²) in [6.07, 6.45) is 0.00485. The Morgan fingerprint density at radius 2 is 2.00 bits per heavy atom. The molecule has 0 radical (unpaired) electrons. The monoisotopic (exact) mass is 307 g/mol. The number of hydrogen-bond donors (Lipinski definition) is 4. The van der Waals surface area contributed by atoms with Gasteiger partial charge in [0.05, 0.1) is 11.5 Å². The van der Waals surface area contributed by atoms with Crippen LogP contribution in [-0.4, -0.2) is 55.0 Å². The van der Waals surface area contributed by atoms with E-state index in [-0.39, 0.29) is 24.3 Å². The van der Waals surface area contributed by atoms with Crippen molar-refractivity contribution in [2.75, 3.05) is 11.5 Å². The summed E-state index contributed by atoms with van der Waals surface area (Å²) >= 11 is 0. The Morgan fingerprint density at radius 3 is 2.45 bits per heavy atom. The molecule has 0 aromatic heterocycles. The first-order valence-corrected chi connectivity index (χ1v) is 7.80. The fraction of sp³-hybridized carbons (Fsp3) is 0.700. The van der Waals surface area contributed by atoms with Crippen LogP contribution in [0.4, 0.5) is 4.79 Å². The number of nitrogens with two attached hydrogens (primary N) is 1. The highest BCUT2D eigenvalue weighted by atomic mass is 32.2. The zero-order valence-corrected chi connectivity index (χ0v) is 11.5. The van der Waals surface area contributed by atoms with E-state index in [0.29, 0.717) is 6.42 Å². The number of primary amides is 1.